The fourth-order valence-corrected chi connectivity index (χ4v) is 5.79. The van der Waals surface area contributed by atoms with Crippen molar-refractivity contribution in [2.24, 2.45) is 23.7 Å². The van der Waals surface area contributed by atoms with Crippen LogP contribution >= 0.6 is 23.2 Å². The Bertz CT molecular complexity index is 1260. The highest BCUT2D eigenvalue weighted by Crippen LogP contribution is 2.52. The van der Waals surface area contributed by atoms with E-state index in [0.717, 1.165) is 27.6 Å². The molecular weight excluding hydrogens is 475 g/mol. The first kappa shape index (κ1) is 22.8. The van der Waals surface area contributed by atoms with Crippen molar-refractivity contribution < 1.29 is 19.2 Å². The number of nitrogens with zero attached hydrogens (tertiary/aromatic N) is 2. The van der Waals surface area contributed by atoms with Crippen molar-refractivity contribution in [2.75, 3.05) is 6.54 Å². The van der Waals surface area contributed by atoms with Gasteiger partial charge in [-0.05, 0) is 67.5 Å². The number of rotatable bonds is 5. The van der Waals surface area contributed by atoms with Crippen LogP contribution in [0.25, 0.3) is 0 Å². The molecule has 3 aliphatic rings. The van der Waals surface area contributed by atoms with E-state index in [1.54, 1.807) is 12.1 Å². The van der Waals surface area contributed by atoms with Crippen molar-refractivity contribution in [3.05, 3.63) is 80.8 Å². The number of hydrogen-bond donors (Lipinski definition) is 0. The van der Waals surface area contributed by atoms with Gasteiger partial charge in [-0.25, -0.2) is 5.01 Å². The largest absolute Gasteiger partial charge is 0.292 e. The van der Waals surface area contributed by atoms with E-state index < -0.39 is 36.1 Å². The third-order valence-electron chi connectivity index (χ3n) is 7.21. The molecule has 1 saturated carbocycles. The van der Waals surface area contributed by atoms with E-state index in [1.807, 2.05) is 32.1 Å². The van der Waals surface area contributed by atoms with Gasteiger partial charge in [0.05, 0.1) is 22.4 Å². The number of Topliss-reactive ketones (excluding diaryl/α,β-unsaturated/α-hetero) is 1. The summed E-state index contributed by atoms with van der Waals surface area (Å²) in [5, 5.41) is 2.25. The fourth-order valence-electron chi connectivity index (χ4n) is 5.30. The number of halogens is 2. The summed E-state index contributed by atoms with van der Waals surface area (Å²) in [4.78, 5) is 53.7. The van der Waals surface area contributed by atoms with E-state index in [0.29, 0.717) is 10.6 Å². The van der Waals surface area contributed by atoms with Gasteiger partial charge in [0.2, 0.25) is 0 Å². The van der Waals surface area contributed by atoms with Crippen LogP contribution in [0.3, 0.4) is 0 Å². The molecule has 5 rings (SSSR count). The second-order valence-corrected chi connectivity index (χ2v) is 10.0. The molecule has 2 fully saturated rings. The Labute approximate surface area is 207 Å². The van der Waals surface area contributed by atoms with Gasteiger partial charge in [0, 0.05) is 10.6 Å². The van der Waals surface area contributed by atoms with Gasteiger partial charge in [-0.2, -0.15) is 5.01 Å². The lowest BCUT2D eigenvalue weighted by Gasteiger charge is -2.31. The third-order valence-corrected chi connectivity index (χ3v) is 7.75. The average Bonchev–Trinajstić information content (AvgIpc) is 3.47. The van der Waals surface area contributed by atoms with E-state index >= 15 is 0 Å². The molecule has 1 saturated heterocycles. The summed E-state index contributed by atoms with van der Waals surface area (Å²) in [6.45, 7) is 3.35. The van der Waals surface area contributed by atoms with Crippen molar-refractivity contribution >= 4 is 46.7 Å². The standard InChI is InChI=1S/C26H22Cl2N2O4/c1-13-3-4-15(9-14(13)2)21(31)12-29(24(32)19-8-7-18(27)11-20(19)28)30-25(33)22-16-5-6-17(10-16)23(22)26(30)34/h3-9,11,16-17,22-23H,10,12H2,1-2H3/t16-,17-,22-,23+/m0/s1. The molecule has 0 spiro atoms. The molecule has 3 amide bonds. The predicted molar refractivity (Wildman–Crippen MR) is 127 cm³/mol. The Kier molecular flexibility index (Phi) is 5.61. The van der Waals surface area contributed by atoms with Crippen LogP contribution in [0, 0.1) is 37.5 Å². The van der Waals surface area contributed by atoms with Crippen LogP contribution in [-0.2, 0) is 9.59 Å². The third kappa shape index (κ3) is 3.56. The maximum Gasteiger partial charge on any atom is 0.274 e. The normalized spacial score (nSPS) is 24.6. The number of aryl methyl sites for hydroxylation is 2. The van der Waals surface area contributed by atoms with Crippen molar-refractivity contribution in [3.8, 4) is 0 Å². The number of hydrogen-bond acceptors (Lipinski definition) is 4. The lowest BCUT2D eigenvalue weighted by Crippen LogP contribution is -2.52. The molecule has 0 unspecified atom stereocenters. The number of hydrazine groups is 1. The number of carbonyl (C=O) groups excluding carboxylic acids is 4. The molecule has 2 bridgehead atoms. The summed E-state index contributed by atoms with van der Waals surface area (Å²) in [6, 6.07) is 9.57. The quantitative estimate of drug-likeness (QED) is 0.342. The van der Waals surface area contributed by atoms with Gasteiger partial charge in [-0.15, -0.1) is 0 Å². The highest BCUT2D eigenvalue weighted by atomic mass is 35.5. The molecule has 6 nitrogen and oxygen atoms in total. The van der Waals surface area contributed by atoms with Crippen LogP contribution in [0.2, 0.25) is 10.0 Å². The van der Waals surface area contributed by atoms with Gasteiger partial charge >= 0.3 is 0 Å². The Hall–Kier alpha value is -2.96. The predicted octanol–water partition coefficient (Wildman–Crippen LogP) is 4.66. The van der Waals surface area contributed by atoms with Crippen molar-refractivity contribution in [1.29, 1.82) is 0 Å². The van der Waals surface area contributed by atoms with Crippen molar-refractivity contribution in [1.82, 2.24) is 10.0 Å². The molecule has 1 heterocycles. The molecule has 2 aliphatic carbocycles. The van der Waals surface area contributed by atoms with E-state index in [-0.39, 0.29) is 28.2 Å². The van der Waals surface area contributed by atoms with Crippen LogP contribution in [0.15, 0.2) is 48.6 Å². The molecule has 2 aromatic rings. The molecule has 8 heteroatoms. The van der Waals surface area contributed by atoms with Gasteiger partial charge < -0.3 is 0 Å². The van der Waals surface area contributed by atoms with Gasteiger partial charge in [0.25, 0.3) is 17.7 Å². The summed E-state index contributed by atoms with van der Waals surface area (Å²) in [6.07, 6.45) is 4.71. The van der Waals surface area contributed by atoms with Crippen LogP contribution in [0.4, 0.5) is 0 Å². The zero-order valence-electron chi connectivity index (χ0n) is 18.6. The number of ketones is 1. The van der Waals surface area contributed by atoms with Crippen LogP contribution < -0.4 is 0 Å². The minimum absolute atomic E-state index is 0.0250. The van der Waals surface area contributed by atoms with Gasteiger partial charge in [-0.3, -0.25) is 19.2 Å². The average molecular weight is 497 g/mol. The van der Waals surface area contributed by atoms with E-state index in [4.69, 9.17) is 23.2 Å². The monoisotopic (exact) mass is 496 g/mol. The molecule has 0 N–H and O–H groups in total. The molecule has 34 heavy (non-hydrogen) atoms. The molecule has 0 aromatic heterocycles. The maximum atomic E-state index is 13.6. The highest BCUT2D eigenvalue weighted by molar-refractivity contribution is 6.36. The SMILES string of the molecule is Cc1ccc(C(=O)CN(C(=O)c2ccc(Cl)cc2Cl)N2C(=O)[C@@H]3[C@H](C2=O)[C@H]2C=C[C@H]3C2)cc1C. The van der Waals surface area contributed by atoms with Crippen molar-refractivity contribution in [2.45, 2.75) is 20.3 Å². The molecular formula is C26H22Cl2N2O4. The van der Waals surface area contributed by atoms with Crippen molar-refractivity contribution in [3.63, 3.8) is 0 Å². The van der Waals surface area contributed by atoms with E-state index in [1.165, 1.54) is 18.2 Å². The number of benzene rings is 2. The van der Waals surface area contributed by atoms with Crippen LogP contribution in [0.5, 0.6) is 0 Å². The smallest absolute Gasteiger partial charge is 0.274 e. The minimum Gasteiger partial charge on any atom is -0.292 e. The summed E-state index contributed by atoms with van der Waals surface area (Å²) in [7, 11) is 0. The van der Waals surface area contributed by atoms with E-state index in [2.05, 4.69) is 0 Å². The minimum atomic E-state index is -0.708. The van der Waals surface area contributed by atoms with Gasteiger partial charge in [-0.1, -0.05) is 47.5 Å². The second-order valence-electron chi connectivity index (χ2n) is 9.20. The number of carbonyl (C=O) groups is 4. The summed E-state index contributed by atoms with van der Waals surface area (Å²) in [5.41, 5.74) is 2.40. The van der Waals surface area contributed by atoms with Gasteiger partial charge in [0.1, 0.15) is 6.54 Å². The number of fused-ring (bicyclic) bond motifs is 5. The Morgan fingerprint density at radius 2 is 1.59 bits per heavy atom. The number of allylic oxidation sites excluding steroid dienone is 2. The first-order valence-corrected chi connectivity index (χ1v) is 11.9. The van der Waals surface area contributed by atoms with E-state index in [9.17, 15) is 19.2 Å². The number of amides is 3. The first-order valence-electron chi connectivity index (χ1n) is 11.1. The zero-order chi connectivity index (χ0) is 24.3. The Morgan fingerprint density at radius 3 is 2.18 bits per heavy atom. The molecule has 4 atom stereocenters. The second kappa shape index (κ2) is 8.36. The lowest BCUT2D eigenvalue weighted by atomic mass is 9.85. The molecule has 174 valence electrons. The summed E-state index contributed by atoms with van der Waals surface area (Å²) >= 11 is 12.3. The van der Waals surface area contributed by atoms with Crippen LogP contribution in [-0.4, -0.2) is 40.1 Å². The number of imide groups is 1. The topological polar surface area (TPSA) is 74.8 Å². The zero-order valence-corrected chi connectivity index (χ0v) is 20.1. The Morgan fingerprint density at radius 1 is 0.941 bits per heavy atom. The fraction of sp³-hybridized carbons (Fsp3) is 0.308. The lowest BCUT2D eigenvalue weighted by molar-refractivity contribution is -0.154. The highest BCUT2D eigenvalue weighted by Gasteiger charge is 2.61. The first-order chi connectivity index (χ1) is 16.2. The molecule has 2 aromatic carbocycles. The Balaban J connectivity index is 1.52. The van der Waals surface area contributed by atoms with Crippen LogP contribution in [0.1, 0.15) is 38.3 Å². The van der Waals surface area contributed by atoms with Gasteiger partial charge in [0.15, 0.2) is 5.78 Å². The maximum absolute atomic E-state index is 13.6. The summed E-state index contributed by atoms with van der Waals surface area (Å²) < 4.78 is 0. The molecule has 1 aliphatic heterocycles. The molecule has 0 radical (unpaired) electrons. The summed E-state index contributed by atoms with van der Waals surface area (Å²) in [5.74, 6) is -3.05.